The van der Waals surface area contributed by atoms with Crippen molar-refractivity contribution in [2.45, 2.75) is 13.8 Å². The molecule has 0 radical (unpaired) electrons. The van der Waals surface area contributed by atoms with Gasteiger partial charge in [-0.1, -0.05) is 25.2 Å². The molecule has 3 N–H and O–H groups in total. The summed E-state index contributed by atoms with van der Waals surface area (Å²) in [5.41, 5.74) is 5.82. The van der Waals surface area contributed by atoms with Gasteiger partial charge in [-0.25, -0.2) is 4.98 Å². The molecular weight excluding hydrogens is 274 g/mol. The van der Waals surface area contributed by atoms with Crippen molar-refractivity contribution < 1.29 is 4.79 Å². The van der Waals surface area contributed by atoms with E-state index in [2.05, 4.69) is 29.0 Å². The van der Waals surface area contributed by atoms with Crippen LogP contribution in [0.4, 0.5) is 10.9 Å². The summed E-state index contributed by atoms with van der Waals surface area (Å²) in [4.78, 5) is 21.4. The van der Waals surface area contributed by atoms with Gasteiger partial charge >= 0.3 is 0 Å². The lowest BCUT2D eigenvalue weighted by Crippen LogP contribution is -2.49. The van der Waals surface area contributed by atoms with E-state index in [9.17, 15) is 4.79 Å². The van der Waals surface area contributed by atoms with Crippen molar-refractivity contribution >= 4 is 28.2 Å². The summed E-state index contributed by atoms with van der Waals surface area (Å²) >= 11 is 1.32. The summed E-state index contributed by atoms with van der Waals surface area (Å²) in [6.07, 6.45) is 0. The average Bonchev–Trinajstić information content (AvgIpc) is 2.79. The number of amides is 1. The number of anilines is 2. The number of piperazine rings is 1. The van der Waals surface area contributed by atoms with Crippen molar-refractivity contribution in [3.63, 3.8) is 0 Å². The van der Waals surface area contributed by atoms with Gasteiger partial charge in [0.15, 0.2) is 5.13 Å². The molecule has 0 atom stereocenters. The van der Waals surface area contributed by atoms with Crippen molar-refractivity contribution in [3.05, 3.63) is 4.88 Å². The summed E-state index contributed by atoms with van der Waals surface area (Å²) in [5, 5.41) is 3.61. The molecule has 1 aliphatic heterocycles. The number of rotatable bonds is 4. The van der Waals surface area contributed by atoms with Crippen LogP contribution in [0.1, 0.15) is 23.5 Å². The predicted octanol–water partition coefficient (Wildman–Crippen LogP) is 1.18. The number of thiazole rings is 1. The highest BCUT2D eigenvalue weighted by molar-refractivity contribution is 7.18. The molecule has 2 heterocycles. The largest absolute Gasteiger partial charge is 0.382 e. The van der Waals surface area contributed by atoms with Crippen LogP contribution >= 0.6 is 11.3 Å². The van der Waals surface area contributed by atoms with Gasteiger partial charge < -0.3 is 16.0 Å². The molecule has 0 bridgehead atoms. The summed E-state index contributed by atoms with van der Waals surface area (Å²) in [5.74, 6) is 0.993. The maximum Gasteiger partial charge on any atom is 0.267 e. The molecule has 1 amide bonds. The fourth-order valence-corrected chi connectivity index (χ4v) is 3.19. The van der Waals surface area contributed by atoms with Crippen LogP contribution in [0.2, 0.25) is 0 Å². The summed E-state index contributed by atoms with van der Waals surface area (Å²) in [6.45, 7) is 8.91. The van der Waals surface area contributed by atoms with Gasteiger partial charge in [0.1, 0.15) is 10.7 Å². The minimum atomic E-state index is 0.00527. The fraction of sp³-hybridized carbons (Fsp3) is 0.692. The molecule has 1 aromatic heterocycles. The molecule has 7 heteroatoms. The van der Waals surface area contributed by atoms with Gasteiger partial charge in [-0.2, -0.15) is 0 Å². The van der Waals surface area contributed by atoms with E-state index in [1.54, 1.807) is 7.05 Å². The minimum Gasteiger partial charge on any atom is -0.382 e. The molecule has 112 valence electrons. The molecule has 1 saturated heterocycles. The summed E-state index contributed by atoms with van der Waals surface area (Å²) in [7, 11) is 1.78. The van der Waals surface area contributed by atoms with Gasteiger partial charge in [0.25, 0.3) is 5.91 Å². The van der Waals surface area contributed by atoms with Crippen LogP contribution < -0.4 is 11.1 Å². The van der Waals surface area contributed by atoms with E-state index in [1.165, 1.54) is 11.3 Å². The maximum atomic E-state index is 12.4. The number of nitrogens with zero attached hydrogens (tertiary/aromatic N) is 3. The normalized spacial score (nSPS) is 16.7. The molecule has 2 rings (SSSR count). The first-order valence-corrected chi connectivity index (χ1v) is 7.78. The molecule has 0 saturated carbocycles. The quantitative estimate of drug-likeness (QED) is 0.873. The highest BCUT2D eigenvalue weighted by Crippen LogP contribution is 2.26. The standard InChI is InChI=1S/C13H23N5OS/c1-9(2)8-17-4-6-18(7-5-17)12(19)10-11(14)16-13(15-3)20-10/h9H,4-8,14H2,1-3H3,(H,15,16). The molecule has 6 nitrogen and oxygen atoms in total. The molecule has 0 aliphatic carbocycles. The first kappa shape index (κ1) is 15.1. The lowest BCUT2D eigenvalue weighted by Gasteiger charge is -2.35. The minimum absolute atomic E-state index is 0.00527. The number of carbonyl (C=O) groups is 1. The van der Waals surface area contributed by atoms with Crippen molar-refractivity contribution in [2.24, 2.45) is 5.92 Å². The summed E-state index contributed by atoms with van der Waals surface area (Å²) in [6, 6.07) is 0. The van der Waals surface area contributed by atoms with Crippen molar-refractivity contribution in [3.8, 4) is 0 Å². The third-order valence-electron chi connectivity index (χ3n) is 3.34. The second-order valence-electron chi connectivity index (χ2n) is 5.47. The highest BCUT2D eigenvalue weighted by atomic mass is 32.1. The lowest BCUT2D eigenvalue weighted by atomic mass is 10.2. The Labute approximate surface area is 124 Å². The molecule has 0 unspecified atom stereocenters. The number of aromatic nitrogens is 1. The van der Waals surface area contributed by atoms with E-state index in [1.807, 2.05) is 4.90 Å². The third kappa shape index (κ3) is 3.40. The number of nitrogen functional groups attached to an aromatic ring is 1. The van der Waals surface area contributed by atoms with Gasteiger partial charge in [0.2, 0.25) is 0 Å². The maximum absolute atomic E-state index is 12.4. The van der Waals surface area contributed by atoms with Crippen LogP contribution in [0.15, 0.2) is 0 Å². The van der Waals surface area contributed by atoms with Crippen LogP contribution in [0.3, 0.4) is 0 Å². The number of nitrogens with two attached hydrogens (primary N) is 1. The smallest absolute Gasteiger partial charge is 0.267 e. The Morgan fingerprint density at radius 1 is 1.40 bits per heavy atom. The van der Waals surface area contributed by atoms with E-state index in [-0.39, 0.29) is 5.91 Å². The van der Waals surface area contributed by atoms with Crippen LogP contribution in [-0.4, -0.2) is 60.5 Å². The zero-order chi connectivity index (χ0) is 14.7. The predicted molar refractivity (Wildman–Crippen MR) is 83.3 cm³/mol. The molecule has 20 heavy (non-hydrogen) atoms. The van der Waals surface area contributed by atoms with E-state index in [4.69, 9.17) is 5.73 Å². The van der Waals surface area contributed by atoms with Crippen molar-refractivity contribution in [2.75, 3.05) is 50.8 Å². The Balaban J connectivity index is 1.96. The van der Waals surface area contributed by atoms with Gasteiger partial charge in [-0.05, 0) is 5.92 Å². The molecule has 1 aromatic rings. The molecule has 1 aliphatic rings. The highest BCUT2D eigenvalue weighted by Gasteiger charge is 2.25. The molecular formula is C13H23N5OS. The topological polar surface area (TPSA) is 74.5 Å². The molecule has 0 aromatic carbocycles. The van der Waals surface area contributed by atoms with E-state index >= 15 is 0 Å². The number of hydrogen-bond acceptors (Lipinski definition) is 6. The monoisotopic (exact) mass is 297 g/mol. The van der Waals surface area contributed by atoms with Gasteiger partial charge in [0, 0.05) is 39.8 Å². The van der Waals surface area contributed by atoms with Gasteiger partial charge in [-0.15, -0.1) is 0 Å². The van der Waals surface area contributed by atoms with Crippen molar-refractivity contribution in [1.29, 1.82) is 0 Å². The van der Waals surface area contributed by atoms with E-state index in [0.29, 0.717) is 21.7 Å². The third-order valence-corrected chi connectivity index (χ3v) is 4.42. The zero-order valence-corrected chi connectivity index (χ0v) is 13.2. The second-order valence-corrected chi connectivity index (χ2v) is 6.47. The van der Waals surface area contributed by atoms with Crippen LogP contribution in [0.5, 0.6) is 0 Å². The van der Waals surface area contributed by atoms with Crippen LogP contribution in [-0.2, 0) is 0 Å². The Bertz CT molecular complexity index is 465. The number of hydrogen-bond donors (Lipinski definition) is 2. The Kier molecular flexibility index (Phi) is 4.82. The number of nitrogens with one attached hydrogen (secondary N) is 1. The number of carbonyl (C=O) groups excluding carboxylic acids is 1. The van der Waals surface area contributed by atoms with Gasteiger partial charge in [0.05, 0.1) is 0 Å². The SMILES string of the molecule is CNc1nc(N)c(C(=O)N2CCN(CC(C)C)CC2)s1. The van der Waals surface area contributed by atoms with Gasteiger partial charge in [-0.3, -0.25) is 9.69 Å². The lowest BCUT2D eigenvalue weighted by molar-refractivity contribution is 0.0629. The molecule has 0 spiro atoms. The van der Waals surface area contributed by atoms with Crippen molar-refractivity contribution in [1.82, 2.24) is 14.8 Å². The van der Waals surface area contributed by atoms with Crippen LogP contribution in [0, 0.1) is 5.92 Å². The van der Waals surface area contributed by atoms with Crippen LogP contribution in [0.25, 0.3) is 0 Å². The zero-order valence-electron chi connectivity index (χ0n) is 12.3. The average molecular weight is 297 g/mol. The Morgan fingerprint density at radius 3 is 2.55 bits per heavy atom. The Morgan fingerprint density at radius 2 is 2.05 bits per heavy atom. The first-order chi connectivity index (χ1) is 9.51. The Hall–Kier alpha value is -1.34. The molecule has 1 fully saturated rings. The second kappa shape index (κ2) is 6.41. The fourth-order valence-electron chi connectivity index (χ4n) is 2.39. The summed E-state index contributed by atoms with van der Waals surface area (Å²) < 4.78 is 0. The van der Waals surface area contributed by atoms with E-state index in [0.717, 1.165) is 32.7 Å². The first-order valence-electron chi connectivity index (χ1n) is 6.97. The van der Waals surface area contributed by atoms with E-state index < -0.39 is 0 Å².